The van der Waals surface area contributed by atoms with E-state index in [0.717, 1.165) is 12.8 Å². The first-order valence-corrected chi connectivity index (χ1v) is 8.43. The number of carboxylic acid groups (broad SMARTS) is 1. The van der Waals surface area contributed by atoms with E-state index < -0.39 is 11.5 Å². The molecule has 0 saturated heterocycles. The zero-order valence-corrected chi connectivity index (χ0v) is 14.1. The van der Waals surface area contributed by atoms with Crippen LogP contribution in [0.3, 0.4) is 0 Å². The number of nitrogens with one attached hydrogen (secondary N) is 1. The van der Waals surface area contributed by atoms with Crippen LogP contribution in [-0.2, 0) is 4.79 Å². The molecule has 0 aliphatic heterocycles. The summed E-state index contributed by atoms with van der Waals surface area (Å²) in [5.41, 5.74) is 1.75. The van der Waals surface area contributed by atoms with Crippen molar-refractivity contribution >= 4 is 17.7 Å². The molecule has 0 spiro atoms. The Morgan fingerprint density at radius 3 is 2.62 bits per heavy atom. The fourth-order valence-corrected chi connectivity index (χ4v) is 3.79. The number of hydrogen-bond acceptors (Lipinski definition) is 3. The van der Waals surface area contributed by atoms with Crippen molar-refractivity contribution in [1.82, 2.24) is 5.32 Å². The highest BCUT2D eigenvalue weighted by Crippen LogP contribution is 2.32. The van der Waals surface area contributed by atoms with Gasteiger partial charge in [-0.25, -0.2) is 0 Å². The molecule has 116 valence electrons. The normalized spacial score (nSPS) is 19.0. The Morgan fingerprint density at radius 2 is 2.10 bits per heavy atom. The smallest absolute Gasteiger partial charge is 0.323 e. The minimum Gasteiger partial charge on any atom is -0.480 e. The van der Waals surface area contributed by atoms with Crippen LogP contribution in [0.15, 0.2) is 23.1 Å². The van der Waals surface area contributed by atoms with Gasteiger partial charge >= 0.3 is 5.97 Å². The molecule has 0 heterocycles. The molecule has 2 rings (SSSR count). The third-order valence-corrected chi connectivity index (χ3v) is 5.18. The number of carbonyl (C=O) groups is 1. The average Bonchev–Trinajstić information content (AvgIpc) is 3.17. The van der Waals surface area contributed by atoms with Crippen LogP contribution in [0.25, 0.3) is 0 Å². The molecule has 2 unspecified atom stereocenters. The van der Waals surface area contributed by atoms with Gasteiger partial charge in [0.2, 0.25) is 0 Å². The largest absolute Gasteiger partial charge is 0.480 e. The van der Waals surface area contributed by atoms with Gasteiger partial charge in [0.15, 0.2) is 0 Å². The van der Waals surface area contributed by atoms with Crippen molar-refractivity contribution in [3.63, 3.8) is 0 Å². The van der Waals surface area contributed by atoms with Gasteiger partial charge in [-0.3, -0.25) is 10.1 Å². The molecule has 0 aromatic heterocycles. The van der Waals surface area contributed by atoms with E-state index in [1.54, 1.807) is 11.8 Å². The monoisotopic (exact) mass is 307 g/mol. The molecular formula is C17H25NO2S. The standard InChI is InChI=1S/C17H25NO2S/c1-11-5-8-15(9-12(11)2)21-13(3)10-17(4,16(19)20)18-14-6-7-14/h5,8-9,13-14,18H,6-7,10H2,1-4H3,(H,19,20). The van der Waals surface area contributed by atoms with Crippen LogP contribution in [0, 0.1) is 13.8 Å². The number of rotatable bonds is 7. The molecule has 4 heteroatoms. The van der Waals surface area contributed by atoms with E-state index in [2.05, 4.69) is 44.3 Å². The molecule has 0 amide bonds. The second kappa shape index (κ2) is 6.41. The summed E-state index contributed by atoms with van der Waals surface area (Å²) in [6.07, 6.45) is 2.82. The SMILES string of the molecule is Cc1ccc(SC(C)CC(C)(NC2CC2)C(=O)O)cc1C. The van der Waals surface area contributed by atoms with Crippen LogP contribution >= 0.6 is 11.8 Å². The lowest BCUT2D eigenvalue weighted by Gasteiger charge is -2.29. The highest BCUT2D eigenvalue weighted by molar-refractivity contribution is 7.99. The third kappa shape index (κ3) is 4.48. The zero-order valence-electron chi connectivity index (χ0n) is 13.3. The van der Waals surface area contributed by atoms with Crippen molar-refractivity contribution in [2.75, 3.05) is 0 Å². The van der Waals surface area contributed by atoms with Crippen LogP contribution in [0.5, 0.6) is 0 Å². The molecule has 1 aliphatic rings. The van der Waals surface area contributed by atoms with Crippen molar-refractivity contribution in [2.24, 2.45) is 0 Å². The molecule has 1 fully saturated rings. The van der Waals surface area contributed by atoms with Gasteiger partial charge in [-0.15, -0.1) is 11.8 Å². The van der Waals surface area contributed by atoms with E-state index in [0.29, 0.717) is 12.5 Å². The fraction of sp³-hybridized carbons (Fsp3) is 0.588. The topological polar surface area (TPSA) is 49.3 Å². The third-order valence-electron chi connectivity index (χ3n) is 4.08. The predicted molar refractivity (Wildman–Crippen MR) is 88.1 cm³/mol. The van der Waals surface area contributed by atoms with E-state index in [1.807, 2.05) is 6.92 Å². The molecule has 1 saturated carbocycles. The Kier molecular flexibility index (Phi) is 4.99. The molecule has 1 aliphatic carbocycles. The lowest BCUT2D eigenvalue weighted by Crippen LogP contribution is -2.51. The number of benzene rings is 1. The Labute approximate surface area is 131 Å². The molecule has 2 N–H and O–H groups in total. The molecule has 0 radical (unpaired) electrons. The van der Waals surface area contributed by atoms with Gasteiger partial charge in [0.25, 0.3) is 0 Å². The Bertz CT molecular complexity index is 528. The Balaban J connectivity index is 1.99. The van der Waals surface area contributed by atoms with Crippen molar-refractivity contribution in [1.29, 1.82) is 0 Å². The van der Waals surface area contributed by atoms with Gasteiger partial charge in [0.1, 0.15) is 5.54 Å². The van der Waals surface area contributed by atoms with E-state index in [9.17, 15) is 9.90 Å². The Hall–Kier alpha value is -1.00. The first-order chi connectivity index (χ1) is 9.80. The lowest BCUT2D eigenvalue weighted by molar-refractivity contribution is -0.144. The minimum atomic E-state index is -0.826. The maximum atomic E-state index is 11.6. The highest BCUT2D eigenvalue weighted by Gasteiger charge is 2.39. The predicted octanol–water partition coefficient (Wildman–Crippen LogP) is 3.77. The van der Waals surface area contributed by atoms with Crippen molar-refractivity contribution < 1.29 is 9.90 Å². The maximum absolute atomic E-state index is 11.6. The number of aliphatic carboxylic acids is 1. The summed E-state index contributed by atoms with van der Waals surface area (Å²) < 4.78 is 0. The molecule has 2 atom stereocenters. The van der Waals surface area contributed by atoms with Crippen LogP contribution in [-0.4, -0.2) is 27.9 Å². The minimum absolute atomic E-state index is 0.249. The van der Waals surface area contributed by atoms with Crippen molar-refractivity contribution in [3.05, 3.63) is 29.3 Å². The highest BCUT2D eigenvalue weighted by atomic mass is 32.2. The van der Waals surface area contributed by atoms with E-state index in [4.69, 9.17) is 0 Å². The van der Waals surface area contributed by atoms with Crippen molar-refractivity contribution in [3.8, 4) is 0 Å². The van der Waals surface area contributed by atoms with Crippen LogP contribution in [0.4, 0.5) is 0 Å². The number of thioether (sulfide) groups is 1. The van der Waals surface area contributed by atoms with E-state index in [-0.39, 0.29) is 5.25 Å². The Morgan fingerprint density at radius 1 is 1.43 bits per heavy atom. The van der Waals surface area contributed by atoms with Crippen LogP contribution in [0.2, 0.25) is 0 Å². The van der Waals surface area contributed by atoms with Crippen molar-refractivity contribution in [2.45, 2.75) is 68.7 Å². The summed E-state index contributed by atoms with van der Waals surface area (Å²) in [5, 5.41) is 13.1. The van der Waals surface area contributed by atoms with Gasteiger partial charge in [0, 0.05) is 16.2 Å². The van der Waals surface area contributed by atoms with Gasteiger partial charge in [-0.05, 0) is 63.3 Å². The molecular weight excluding hydrogens is 282 g/mol. The summed E-state index contributed by atoms with van der Waals surface area (Å²) in [4.78, 5) is 12.8. The molecule has 0 bridgehead atoms. The van der Waals surface area contributed by atoms with E-state index >= 15 is 0 Å². The molecule has 3 nitrogen and oxygen atoms in total. The first-order valence-electron chi connectivity index (χ1n) is 7.55. The van der Waals surface area contributed by atoms with E-state index in [1.165, 1.54) is 16.0 Å². The van der Waals surface area contributed by atoms with Crippen LogP contribution < -0.4 is 5.32 Å². The molecule has 1 aromatic carbocycles. The van der Waals surface area contributed by atoms with Gasteiger partial charge in [0.05, 0.1) is 0 Å². The zero-order chi connectivity index (χ0) is 15.6. The lowest BCUT2D eigenvalue weighted by atomic mass is 9.96. The summed E-state index contributed by atoms with van der Waals surface area (Å²) in [6, 6.07) is 6.83. The van der Waals surface area contributed by atoms with Crippen LogP contribution in [0.1, 0.15) is 44.2 Å². The first kappa shape index (κ1) is 16.4. The average molecular weight is 307 g/mol. The summed E-state index contributed by atoms with van der Waals surface area (Å²) in [5.74, 6) is -0.748. The molecule has 1 aromatic rings. The quantitative estimate of drug-likeness (QED) is 0.753. The maximum Gasteiger partial charge on any atom is 0.323 e. The second-order valence-electron chi connectivity index (χ2n) is 6.43. The molecule has 21 heavy (non-hydrogen) atoms. The summed E-state index contributed by atoms with van der Waals surface area (Å²) >= 11 is 1.75. The second-order valence-corrected chi connectivity index (χ2v) is 7.95. The number of hydrogen-bond donors (Lipinski definition) is 2. The number of aryl methyl sites for hydroxylation is 2. The van der Waals surface area contributed by atoms with Gasteiger partial charge < -0.3 is 5.11 Å². The van der Waals surface area contributed by atoms with Gasteiger partial charge in [-0.2, -0.15) is 0 Å². The summed E-state index contributed by atoms with van der Waals surface area (Å²) in [7, 11) is 0. The number of carboxylic acids is 1. The van der Waals surface area contributed by atoms with Gasteiger partial charge in [-0.1, -0.05) is 13.0 Å². The fourth-order valence-electron chi connectivity index (χ4n) is 2.52. The summed E-state index contributed by atoms with van der Waals surface area (Å²) in [6.45, 7) is 8.13.